The summed E-state index contributed by atoms with van der Waals surface area (Å²) in [5.74, 6) is 0.0353. The number of amides is 2. The van der Waals surface area contributed by atoms with Crippen molar-refractivity contribution in [1.29, 1.82) is 0 Å². The van der Waals surface area contributed by atoms with E-state index in [1.807, 2.05) is 24.3 Å². The van der Waals surface area contributed by atoms with Crippen LogP contribution in [0.5, 0.6) is 5.75 Å². The molecule has 0 fully saturated rings. The average Bonchev–Trinajstić information content (AvgIpc) is 3.27. The Morgan fingerprint density at radius 1 is 1.14 bits per heavy atom. The second kappa shape index (κ2) is 8.01. The zero-order chi connectivity index (χ0) is 20.4. The van der Waals surface area contributed by atoms with E-state index in [1.165, 1.54) is 18.3 Å². The van der Waals surface area contributed by atoms with Crippen molar-refractivity contribution in [2.75, 3.05) is 12.4 Å². The number of nitrogens with zero attached hydrogens (tertiary/aromatic N) is 1. The Bertz CT molecular complexity index is 1050. The van der Waals surface area contributed by atoms with Crippen LogP contribution in [0.3, 0.4) is 0 Å². The number of hydrogen-bond acceptors (Lipinski definition) is 4. The summed E-state index contributed by atoms with van der Waals surface area (Å²) in [4.78, 5) is 27.8. The molecule has 2 amide bonds. The van der Waals surface area contributed by atoms with E-state index < -0.39 is 6.04 Å². The molecular weight excluding hydrogens is 392 g/mol. The van der Waals surface area contributed by atoms with Crippen LogP contribution >= 0.6 is 11.6 Å². The van der Waals surface area contributed by atoms with Crippen molar-refractivity contribution >= 4 is 29.1 Å². The van der Waals surface area contributed by atoms with Gasteiger partial charge in [0.15, 0.2) is 5.76 Å². The van der Waals surface area contributed by atoms with E-state index in [0.29, 0.717) is 29.4 Å². The van der Waals surface area contributed by atoms with Crippen LogP contribution in [0, 0.1) is 0 Å². The van der Waals surface area contributed by atoms with Gasteiger partial charge in [-0.25, -0.2) is 0 Å². The Morgan fingerprint density at radius 3 is 2.66 bits per heavy atom. The number of furan rings is 1. The molecule has 4 rings (SSSR count). The minimum absolute atomic E-state index is 0.197. The quantitative estimate of drug-likeness (QED) is 0.701. The van der Waals surface area contributed by atoms with Gasteiger partial charge in [-0.3, -0.25) is 9.59 Å². The predicted molar refractivity (Wildman–Crippen MR) is 109 cm³/mol. The maximum absolute atomic E-state index is 13.2. The van der Waals surface area contributed by atoms with Gasteiger partial charge in [0, 0.05) is 18.0 Å². The number of halogens is 1. The lowest BCUT2D eigenvalue weighted by Crippen LogP contribution is -2.50. The number of benzene rings is 2. The zero-order valence-electron chi connectivity index (χ0n) is 15.7. The topological polar surface area (TPSA) is 71.8 Å². The molecule has 0 unspecified atom stereocenters. The number of carbonyl (C=O) groups excluding carboxylic acids is 2. The van der Waals surface area contributed by atoms with Gasteiger partial charge in [-0.2, -0.15) is 0 Å². The van der Waals surface area contributed by atoms with Crippen molar-refractivity contribution in [3.05, 3.63) is 82.8 Å². The van der Waals surface area contributed by atoms with E-state index in [9.17, 15) is 9.59 Å². The molecule has 6 nitrogen and oxygen atoms in total. The predicted octanol–water partition coefficient (Wildman–Crippen LogP) is 4.15. The third-order valence-corrected chi connectivity index (χ3v) is 5.20. The van der Waals surface area contributed by atoms with Crippen LogP contribution in [-0.4, -0.2) is 29.9 Å². The Balaban J connectivity index is 1.66. The number of ether oxygens (including phenoxy) is 1. The number of methoxy groups -OCH3 is 1. The molecule has 0 saturated heterocycles. The molecule has 0 spiro atoms. The summed E-state index contributed by atoms with van der Waals surface area (Å²) >= 11 is 6.07. The summed E-state index contributed by atoms with van der Waals surface area (Å²) < 4.78 is 10.6. The molecule has 1 N–H and O–H groups in total. The third kappa shape index (κ3) is 3.84. The second-order valence-electron chi connectivity index (χ2n) is 6.73. The minimum Gasteiger partial charge on any atom is -0.495 e. The SMILES string of the molecule is COc1ccc(Cl)cc1NC(=O)[C@@H]1Cc2ccccc2CN1C(=O)c1ccco1. The molecule has 2 aromatic carbocycles. The first-order chi connectivity index (χ1) is 14.1. The Morgan fingerprint density at radius 2 is 1.93 bits per heavy atom. The third-order valence-electron chi connectivity index (χ3n) is 4.96. The maximum atomic E-state index is 13.2. The molecule has 1 atom stereocenters. The maximum Gasteiger partial charge on any atom is 0.290 e. The number of anilines is 1. The molecule has 2 heterocycles. The standard InChI is InChI=1S/C22H19ClN2O4/c1-28-19-9-8-16(23)12-17(19)24-21(26)18-11-14-5-2-3-6-15(14)13-25(18)22(27)20-7-4-10-29-20/h2-10,12,18H,11,13H2,1H3,(H,24,26)/t18-/m0/s1. The first kappa shape index (κ1) is 19.1. The number of fused-ring (bicyclic) bond motifs is 1. The van der Waals surface area contributed by atoms with Crippen LogP contribution in [0.2, 0.25) is 5.02 Å². The summed E-state index contributed by atoms with van der Waals surface area (Å²) in [5.41, 5.74) is 2.50. The van der Waals surface area contributed by atoms with Crippen LogP contribution in [0.25, 0.3) is 0 Å². The molecule has 0 aliphatic carbocycles. The van der Waals surface area contributed by atoms with Crippen LogP contribution in [0.15, 0.2) is 65.3 Å². The molecule has 0 bridgehead atoms. The van der Waals surface area contributed by atoms with E-state index in [0.717, 1.165) is 11.1 Å². The first-order valence-corrected chi connectivity index (χ1v) is 9.50. The monoisotopic (exact) mass is 410 g/mol. The highest BCUT2D eigenvalue weighted by Crippen LogP contribution is 2.30. The van der Waals surface area contributed by atoms with Gasteiger partial charge in [-0.05, 0) is 41.5 Å². The second-order valence-corrected chi connectivity index (χ2v) is 7.17. The molecule has 148 valence electrons. The van der Waals surface area contributed by atoms with Gasteiger partial charge in [-0.1, -0.05) is 35.9 Å². The van der Waals surface area contributed by atoms with Crippen LogP contribution in [-0.2, 0) is 17.8 Å². The van der Waals surface area contributed by atoms with Crippen LogP contribution in [0.1, 0.15) is 21.7 Å². The number of nitrogens with one attached hydrogen (secondary N) is 1. The molecule has 7 heteroatoms. The van der Waals surface area contributed by atoms with E-state index in [1.54, 1.807) is 30.3 Å². The normalized spacial score (nSPS) is 15.5. The number of rotatable bonds is 4. The van der Waals surface area contributed by atoms with Gasteiger partial charge >= 0.3 is 0 Å². The summed E-state index contributed by atoms with van der Waals surface area (Å²) in [5, 5.41) is 3.33. The Labute approximate surface area is 173 Å². The molecule has 1 aliphatic rings. The van der Waals surface area contributed by atoms with Gasteiger partial charge in [0.05, 0.1) is 19.1 Å². The summed E-state index contributed by atoms with van der Waals surface area (Å²) in [6.07, 6.45) is 1.84. The van der Waals surface area contributed by atoms with Gasteiger partial charge in [-0.15, -0.1) is 0 Å². The minimum atomic E-state index is -0.703. The molecule has 0 radical (unpaired) electrons. The summed E-state index contributed by atoms with van der Waals surface area (Å²) in [6.45, 7) is 0.320. The zero-order valence-corrected chi connectivity index (χ0v) is 16.5. The van der Waals surface area contributed by atoms with Crippen molar-refractivity contribution in [1.82, 2.24) is 4.90 Å². The summed E-state index contributed by atoms with van der Waals surface area (Å²) in [7, 11) is 1.52. The fourth-order valence-electron chi connectivity index (χ4n) is 3.51. The van der Waals surface area contributed by atoms with Gasteiger partial charge in [0.25, 0.3) is 5.91 Å². The lowest BCUT2D eigenvalue weighted by atomic mass is 9.93. The lowest BCUT2D eigenvalue weighted by molar-refractivity contribution is -0.121. The van der Waals surface area contributed by atoms with Crippen LogP contribution in [0.4, 0.5) is 5.69 Å². The van der Waals surface area contributed by atoms with Crippen molar-refractivity contribution in [3.63, 3.8) is 0 Å². The van der Waals surface area contributed by atoms with Crippen molar-refractivity contribution in [2.24, 2.45) is 0 Å². The smallest absolute Gasteiger partial charge is 0.290 e. The highest BCUT2D eigenvalue weighted by Gasteiger charge is 2.36. The van der Waals surface area contributed by atoms with Crippen molar-refractivity contribution in [3.8, 4) is 5.75 Å². The highest BCUT2D eigenvalue weighted by molar-refractivity contribution is 6.31. The van der Waals surface area contributed by atoms with E-state index in [4.69, 9.17) is 20.8 Å². The Kier molecular flexibility index (Phi) is 5.27. The molecular formula is C22H19ClN2O4. The first-order valence-electron chi connectivity index (χ1n) is 9.12. The molecule has 0 saturated carbocycles. The molecule has 1 aromatic heterocycles. The summed E-state index contributed by atoms with van der Waals surface area (Å²) in [6, 6.07) is 15.3. The van der Waals surface area contributed by atoms with E-state index in [2.05, 4.69) is 5.32 Å². The number of hydrogen-bond donors (Lipinski definition) is 1. The average molecular weight is 411 g/mol. The molecule has 29 heavy (non-hydrogen) atoms. The fourth-order valence-corrected chi connectivity index (χ4v) is 3.68. The van der Waals surface area contributed by atoms with E-state index in [-0.39, 0.29) is 17.6 Å². The van der Waals surface area contributed by atoms with E-state index >= 15 is 0 Å². The van der Waals surface area contributed by atoms with Gasteiger partial charge in [0.1, 0.15) is 11.8 Å². The van der Waals surface area contributed by atoms with Crippen LogP contribution < -0.4 is 10.1 Å². The lowest BCUT2D eigenvalue weighted by Gasteiger charge is -2.35. The largest absolute Gasteiger partial charge is 0.495 e. The Hall–Kier alpha value is -3.25. The highest BCUT2D eigenvalue weighted by atomic mass is 35.5. The fraction of sp³-hybridized carbons (Fsp3) is 0.182. The van der Waals surface area contributed by atoms with Crippen molar-refractivity contribution in [2.45, 2.75) is 19.0 Å². The van der Waals surface area contributed by atoms with Gasteiger partial charge in [0.2, 0.25) is 5.91 Å². The van der Waals surface area contributed by atoms with Gasteiger partial charge < -0.3 is 19.4 Å². The molecule has 3 aromatic rings. The molecule has 1 aliphatic heterocycles. The number of carbonyl (C=O) groups is 2. The van der Waals surface area contributed by atoms with Crippen molar-refractivity contribution < 1.29 is 18.7 Å².